The molecule has 0 aromatic heterocycles. The van der Waals surface area contributed by atoms with Crippen molar-refractivity contribution < 1.29 is 9.18 Å². The highest BCUT2D eigenvalue weighted by atomic mass is 19.1. The van der Waals surface area contributed by atoms with E-state index in [1.807, 2.05) is 42.5 Å². The molecule has 0 atom stereocenters. The van der Waals surface area contributed by atoms with E-state index in [0.717, 1.165) is 5.69 Å². The quantitative estimate of drug-likeness (QED) is 0.613. The van der Waals surface area contributed by atoms with Gasteiger partial charge in [-0.2, -0.15) is 0 Å². The summed E-state index contributed by atoms with van der Waals surface area (Å²) in [6.45, 7) is 0. The third-order valence-electron chi connectivity index (χ3n) is 3.39. The first kappa shape index (κ1) is 15.6. The molecule has 0 bridgehead atoms. The molecule has 0 unspecified atom stereocenters. The van der Waals surface area contributed by atoms with Gasteiger partial charge in [-0.15, -0.1) is 0 Å². The van der Waals surface area contributed by atoms with Crippen LogP contribution in [0.3, 0.4) is 0 Å². The SMILES string of the molecule is O=C(NNc1ccc(F)cc1)c1ccccc1Nc1ccccc1. The maximum atomic E-state index is 12.9. The van der Waals surface area contributed by atoms with Gasteiger partial charge in [0.1, 0.15) is 5.82 Å². The van der Waals surface area contributed by atoms with Crippen LogP contribution in [-0.2, 0) is 0 Å². The number of hydrogen-bond acceptors (Lipinski definition) is 3. The van der Waals surface area contributed by atoms with Crippen molar-refractivity contribution in [2.75, 3.05) is 10.7 Å². The van der Waals surface area contributed by atoms with Crippen molar-refractivity contribution in [2.45, 2.75) is 0 Å². The Labute approximate surface area is 139 Å². The van der Waals surface area contributed by atoms with E-state index < -0.39 is 0 Å². The monoisotopic (exact) mass is 321 g/mol. The van der Waals surface area contributed by atoms with Gasteiger partial charge in [-0.25, -0.2) is 4.39 Å². The molecule has 24 heavy (non-hydrogen) atoms. The molecule has 1 amide bonds. The number of anilines is 3. The second kappa shape index (κ2) is 7.28. The van der Waals surface area contributed by atoms with Crippen molar-refractivity contribution in [1.82, 2.24) is 5.43 Å². The van der Waals surface area contributed by atoms with Gasteiger partial charge in [-0.1, -0.05) is 30.3 Å². The van der Waals surface area contributed by atoms with Crippen LogP contribution in [0.25, 0.3) is 0 Å². The number of carbonyl (C=O) groups excluding carboxylic acids is 1. The number of hydrogen-bond donors (Lipinski definition) is 3. The molecule has 0 fully saturated rings. The average Bonchev–Trinajstić information content (AvgIpc) is 2.62. The van der Waals surface area contributed by atoms with Crippen molar-refractivity contribution in [3.05, 3.63) is 90.2 Å². The van der Waals surface area contributed by atoms with Gasteiger partial charge < -0.3 is 5.32 Å². The first-order chi connectivity index (χ1) is 11.7. The molecule has 0 aliphatic heterocycles. The molecular formula is C19H16FN3O. The molecule has 0 heterocycles. The minimum Gasteiger partial charge on any atom is -0.355 e. The lowest BCUT2D eigenvalue weighted by atomic mass is 10.1. The van der Waals surface area contributed by atoms with E-state index in [4.69, 9.17) is 0 Å². The van der Waals surface area contributed by atoms with Crippen LogP contribution in [0.5, 0.6) is 0 Å². The first-order valence-corrected chi connectivity index (χ1v) is 7.45. The standard InChI is InChI=1S/C19H16FN3O/c20-14-10-12-16(13-11-14)22-23-19(24)17-8-4-5-9-18(17)21-15-6-2-1-3-7-15/h1-13,21-22H,(H,23,24). The molecule has 4 nitrogen and oxygen atoms in total. The summed E-state index contributed by atoms with van der Waals surface area (Å²) >= 11 is 0. The van der Waals surface area contributed by atoms with Crippen LogP contribution in [0.15, 0.2) is 78.9 Å². The minimum absolute atomic E-state index is 0.293. The van der Waals surface area contributed by atoms with Crippen molar-refractivity contribution in [3.8, 4) is 0 Å². The fraction of sp³-hybridized carbons (Fsp3) is 0. The number of benzene rings is 3. The summed E-state index contributed by atoms with van der Waals surface area (Å²) < 4.78 is 12.9. The number of hydrazine groups is 1. The third kappa shape index (κ3) is 3.89. The van der Waals surface area contributed by atoms with Crippen LogP contribution >= 0.6 is 0 Å². The van der Waals surface area contributed by atoms with Gasteiger partial charge in [0, 0.05) is 5.69 Å². The molecule has 3 rings (SSSR count). The van der Waals surface area contributed by atoms with Gasteiger partial charge in [-0.05, 0) is 48.5 Å². The highest BCUT2D eigenvalue weighted by molar-refractivity contribution is 6.00. The molecule has 3 N–H and O–H groups in total. The Kier molecular flexibility index (Phi) is 4.72. The van der Waals surface area contributed by atoms with Gasteiger partial charge in [0.05, 0.1) is 16.9 Å². The van der Waals surface area contributed by atoms with E-state index in [1.54, 1.807) is 24.3 Å². The fourth-order valence-electron chi connectivity index (χ4n) is 2.20. The number of halogens is 1. The Morgan fingerprint density at radius 1 is 0.750 bits per heavy atom. The summed E-state index contributed by atoms with van der Waals surface area (Å²) in [6, 6.07) is 22.5. The summed E-state index contributed by atoms with van der Waals surface area (Å²) in [5.41, 5.74) is 8.06. The van der Waals surface area contributed by atoms with Crippen molar-refractivity contribution in [2.24, 2.45) is 0 Å². The molecule has 0 aliphatic rings. The highest BCUT2D eigenvalue weighted by Crippen LogP contribution is 2.20. The minimum atomic E-state index is -0.329. The maximum absolute atomic E-state index is 12.9. The summed E-state index contributed by atoms with van der Waals surface area (Å²) in [7, 11) is 0. The predicted molar refractivity (Wildman–Crippen MR) is 93.7 cm³/mol. The lowest BCUT2D eigenvalue weighted by molar-refractivity contribution is 0.0963. The van der Waals surface area contributed by atoms with Gasteiger partial charge in [0.2, 0.25) is 0 Å². The van der Waals surface area contributed by atoms with Crippen molar-refractivity contribution >= 4 is 23.0 Å². The Balaban J connectivity index is 1.71. The Morgan fingerprint density at radius 3 is 2.17 bits per heavy atom. The zero-order chi connectivity index (χ0) is 16.8. The summed E-state index contributed by atoms with van der Waals surface area (Å²) in [5.74, 6) is -0.623. The number of amides is 1. The topological polar surface area (TPSA) is 53.2 Å². The summed E-state index contributed by atoms with van der Waals surface area (Å²) in [4.78, 5) is 12.4. The second-order valence-corrected chi connectivity index (χ2v) is 5.12. The maximum Gasteiger partial charge on any atom is 0.271 e. The molecule has 3 aromatic rings. The van der Waals surface area contributed by atoms with Crippen LogP contribution in [-0.4, -0.2) is 5.91 Å². The lowest BCUT2D eigenvalue weighted by Crippen LogP contribution is -2.29. The van der Waals surface area contributed by atoms with E-state index in [2.05, 4.69) is 16.2 Å². The summed E-state index contributed by atoms with van der Waals surface area (Å²) in [6.07, 6.45) is 0. The molecule has 0 spiro atoms. The lowest BCUT2D eigenvalue weighted by Gasteiger charge is -2.13. The highest BCUT2D eigenvalue weighted by Gasteiger charge is 2.10. The molecule has 3 aromatic carbocycles. The molecule has 120 valence electrons. The number of carbonyl (C=O) groups is 1. The fourth-order valence-corrected chi connectivity index (χ4v) is 2.20. The van der Waals surface area contributed by atoms with E-state index in [1.165, 1.54) is 12.1 Å². The van der Waals surface area contributed by atoms with Crippen LogP contribution in [0.2, 0.25) is 0 Å². The average molecular weight is 321 g/mol. The van der Waals surface area contributed by atoms with Gasteiger partial charge >= 0.3 is 0 Å². The van der Waals surface area contributed by atoms with Gasteiger partial charge in [0.15, 0.2) is 0 Å². The predicted octanol–water partition coefficient (Wildman–Crippen LogP) is 4.33. The first-order valence-electron chi connectivity index (χ1n) is 7.45. The van der Waals surface area contributed by atoms with Crippen LogP contribution in [0.4, 0.5) is 21.5 Å². The van der Waals surface area contributed by atoms with Crippen molar-refractivity contribution in [1.29, 1.82) is 0 Å². The second-order valence-electron chi connectivity index (χ2n) is 5.12. The Morgan fingerprint density at radius 2 is 1.42 bits per heavy atom. The van der Waals surface area contributed by atoms with E-state index >= 15 is 0 Å². The Bertz CT molecular complexity index is 820. The van der Waals surface area contributed by atoms with Crippen LogP contribution in [0.1, 0.15) is 10.4 Å². The van der Waals surface area contributed by atoms with Crippen LogP contribution in [0, 0.1) is 5.82 Å². The number of para-hydroxylation sites is 2. The Hall–Kier alpha value is -3.34. The molecule has 0 saturated carbocycles. The zero-order valence-corrected chi connectivity index (χ0v) is 12.8. The van der Waals surface area contributed by atoms with Gasteiger partial charge in [0.25, 0.3) is 5.91 Å². The zero-order valence-electron chi connectivity index (χ0n) is 12.8. The number of rotatable bonds is 5. The summed E-state index contributed by atoms with van der Waals surface area (Å²) in [5, 5.41) is 3.22. The van der Waals surface area contributed by atoms with E-state index in [-0.39, 0.29) is 11.7 Å². The normalized spacial score (nSPS) is 10.0. The third-order valence-corrected chi connectivity index (χ3v) is 3.39. The largest absolute Gasteiger partial charge is 0.355 e. The smallest absolute Gasteiger partial charge is 0.271 e. The number of nitrogens with one attached hydrogen (secondary N) is 3. The molecule has 5 heteroatoms. The molecule has 0 radical (unpaired) electrons. The van der Waals surface area contributed by atoms with Gasteiger partial charge in [-0.3, -0.25) is 15.6 Å². The van der Waals surface area contributed by atoms with E-state index in [9.17, 15) is 9.18 Å². The molecule has 0 aliphatic carbocycles. The van der Waals surface area contributed by atoms with E-state index in [0.29, 0.717) is 16.9 Å². The molecular weight excluding hydrogens is 305 g/mol. The van der Waals surface area contributed by atoms with Crippen molar-refractivity contribution in [3.63, 3.8) is 0 Å². The van der Waals surface area contributed by atoms with Crippen LogP contribution < -0.4 is 16.2 Å². The molecule has 0 saturated heterocycles.